The van der Waals surface area contributed by atoms with Crippen LogP contribution in [0.2, 0.25) is 0 Å². The Morgan fingerprint density at radius 1 is 1.22 bits per heavy atom. The second-order valence-corrected chi connectivity index (χ2v) is 5.36. The summed E-state index contributed by atoms with van der Waals surface area (Å²) in [5, 5.41) is 13.0. The Kier molecular flexibility index (Phi) is 4.75. The van der Waals surface area contributed by atoms with Crippen molar-refractivity contribution in [3.8, 4) is 0 Å². The van der Waals surface area contributed by atoms with Crippen molar-refractivity contribution in [3.63, 3.8) is 0 Å². The number of aryl methyl sites for hydroxylation is 1. The standard InChI is InChI=1S/C15H23NO2/c1-13-2-4-14(5-3-13)10-16-11-15(12-17)6-8-18-9-7-15/h2-5,16-17H,6-12H2,1H3. The summed E-state index contributed by atoms with van der Waals surface area (Å²) in [5.74, 6) is 0. The first-order valence-corrected chi connectivity index (χ1v) is 6.69. The molecule has 1 heterocycles. The molecule has 0 aromatic heterocycles. The van der Waals surface area contributed by atoms with Crippen LogP contribution in [0.1, 0.15) is 24.0 Å². The van der Waals surface area contributed by atoms with Gasteiger partial charge < -0.3 is 15.2 Å². The van der Waals surface area contributed by atoms with E-state index in [9.17, 15) is 5.11 Å². The minimum absolute atomic E-state index is 0.0168. The number of hydrogen-bond donors (Lipinski definition) is 2. The second kappa shape index (κ2) is 6.32. The third-order valence-electron chi connectivity index (χ3n) is 3.84. The lowest BCUT2D eigenvalue weighted by Gasteiger charge is -2.35. The molecule has 1 aliphatic heterocycles. The van der Waals surface area contributed by atoms with Crippen LogP contribution in [0.5, 0.6) is 0 Å². The lowest BCUT2D eigenvalue weighted by molar-refractivity contribution is -0.0154. The van der Waals surface area contributed by atoms with Crippen LogP contribution in [0.3, 0.4) is 0 Å². The van der Waals surface area contributed by atoms with Crippen LogP contribution >= 0.6 is 0 Å². The van der Waals surface area contributed by atoms with Gasteiger partial charge in [-0.05, 0) is 25.3 Å². The number of nitrogens with one attached hydrogen (secondary N) is 1. The van der Waals surface area contributed by atoms with Gasteiger partial charge in [0.1, 0.15) is 0 Å². The topological polar surface area (TPSA) is 41.5 Å². The van der Waals surface area contributed by atoms with Crippen LogP contribution in [0.4, 0.5) is 0 Å². The molecule has 0 unspecified atom stereocenters. The molecule has 2 N–H and O–H groups in total. The van der Waals surface area contributed by atoms with Crippen molar-refractivity contribution in [2.24, 2.45) is 5.41 Å². The average molecular weight is 249 g/mol. The maximum absolute atomic E-state index is 9.58. The highest BCUT2D eigenvalue weighted by Crippen LogP contribution is 2.29. The number of aliphatic hydroxyl groups excluding tert-OH is 1. The summed E-state index contributed by atoms with van der Waals surface area (Å²) in [6.07, 6.45) is 1.90. The van der Waals surface area contributed by atoms with Crippen molar-refractivity contribution in [2.45, 2.75) is 26.3 Å². The fourth-order valence-corrected chi connectivity index (χ4v) is 2.37. The zero-order valence-corrected chi connectivity index (χ0v) is 11.1. The molecular formula is C15H23NO2. The van der Waals surface area contributed by atoms with E-state index in [1.165, 1.54) is 11.1 Å². The minimum atomic E-state index is 0.0168. The predicted molar refractivity (Wildman–Crippen MR) is 72.5 cm³/mol. The average Bonchev–Trinajstić information content (AvgIpc) is 2.42. The molecule has 1 saturated heterocycles. The molecule has 0 atom stereocenters. The van der Waals surface area contributed by atoms with Crippen molar-refractivity contribution in [1.29, 1.82) is 0 Å². The van der Waals surface area contributed by atoms with Crippen LogP contribution in [0.25, 0.3) is 0 Å². The van der Waals surface area contributed by atoms with Gasteiger partial charge in [0.2, 0.25) is 0 Å². The smallest absolute Gasteiger partial charge is 0.0501 e. The fraction of sp³-hybridized carbons (Fsp3) is 0.600. The number of benzene rings is 1. The van der Waals surface area contributed by atoms with Gasteiger partial charge >= 0.3 is 0 Å². The summed E-state index contributed by atoms with van der Waals surface area (Å²) >= 11 is 0. The lowest BCUT2D eigenvalue weighted by Crippen LogP contribution is -2.41. The molecule has 0 bridgehead atoms. The highest BCUT2D eigenvalue weighted by atomic mass is 16.5. The van der Waals surface area contributed by atoms with Gasteiger partial charge in [0.25, 0.3) is 0 Å². The SMILES string of the molecule is Cc1ccc(CNCC2(CO)CCOCC2)cc1. The zero-order chi connectivity index (χ0) is 12.8. The fourth-order valence-electron chi connectivity index (χ4n) is 2.37. The van der Waals surface area contributed by atoms with E-state index in [1.807, 2.05) is 0 Å². The van der Waals surface area contributed by atoms with Gasteiger partial charge in [-0.1, -0.05) is 29.8 Å². The van der Waals surface area contributed by atoms with E-state index in [2.05, 4.69) is 36.5 Å². The third kappa shape index (κ3) is 3.55. The number of aliphatic hydroxyl groups is 1. The zero-order valence-electron chi connectivity index (χ0n) is 11.1. The number of hydrogen-bond acceptors (Lipinski definition) is 3. The largest absolute Gasteiger partial charge is 0.396 e. The molecule has 3 nitrogen and oxygen atoms in total. The summed E-state index contributed by atoms with van der Waals surface area (Å²) < 4.78 is 5.37. The number of rotatable bonds is 5. The first-order valence-electron chi connectivity index (χ1n) is 6.69. The summed E-state index contributed by atoms with van der Waals surface area (Å²) in [6, 6.07) is 8.57. The molecule has 2 rings (SSSR count). The molecule has 1 aromatic rings. The van der Waals surface area contributed by atoms with Crippen LogP contribution in [0.15, 0.2) is 24.3 Å². The van der Waals surface area contributed by atoms with Gasteiger partial charge in [0.05, 0.1) is 6.61 Å². The first kappa shape index (κ1) is 13.5. The lowest BCUT2D eigenvalue weighted by atomic mass is 9.81. The van der Waals surface area contributed by atoms with Gasteiger partial charge in [0, 0.05) is 31.7 Å². The molecule has 3 heteroatoms. The van der Waals surface area contributed by atoms with E-state index in [1.54, 1.807) is 0 Å². The molecule has 0 spiro atoms. The molecule has 100 valence electrons. The van der Waals surface area contributed by atoms with Crippen LogP contribution < -0.4 is 5.32 Å². The van der Waals surface area contributed by atoms with Crippen molar-refractivity contribution in [2.75, 3.05) is 26.4 Å². The highest BCUT2D eigenvalue weighted by molar-refractivity contribution is 5.21. The molecule has 0 saturated carbocycles. The summed E-state index contributed by atoms with van der Waals surface area (Å²) in [6.45, 7) is 5.61. The maximum Gasteiger partial charge on any atom is 0.0501 e. The van der Waals surface area contributed by atoms with Crippen molar-refractivity contribution >= 4 is 0 Å². The Morgan fingerprint density at radius 3 is 2.50 bits per heavy atom. The normalized spacial score (nSPS) is 18.8. The Bertz CT molecular complexity index is 355. The van der Waals surface area contributed by atoms with Gasteiger partial charge in [-0.3, -0.25) is 0 Å². The minimum Gasteiger partial charge on any atom is -0.396 e. The number of ether oxygens (including phenoxy) is 1. The molecular weight excluding hydrogens is 226 g/mol. The van der Waals surface area contributed by atoms with E-state index in [0.29, 0.717) is 0 Å². The summed E-state index contributed by atoms with van der Waals surface area (Å²) in [7, 11) is 0. The van der Waals surface area contributed by atoms with Gasteiger partial charge in [-0.2, -0.15) is 0 Å². The molecule has 1 aromatic carbocycles. The van der Waals surface area contributed by atoms with Crippen LogP contribution in [-0.4, -0.2) is 31.5 Å². The van der Waals surface area contributed by atoms with E-state index in [0.717, 1.165) is 39.1 Å². The van der Waals surface area contributed by atoms with E-state index < -0.39 is 0 Å². The second-order valence-electron chi connectivity index (χ2n) is 5.36. The first-order chi connectivity index (χ1) is 8.74. The Hall–Kier alpha value is -0.900. The van der Waals surface area contributed by atoms with Crippen molar-refractivity contribution < 1.29 is 9.84 Å². The highest BCUT2D eigenvalue weighted by Gasteiger charge is 2.31. The molecule has 0 radical (unpaired) electrons. The van der Waals surface area contributed by atoms with Gasteiger partial charge in [0.15, 0.2) is 0 Å². The Morgan fingerprint density at radius 2 is 1.89 bits per heavy atom. The summed E-state index contributed by atoms with van der Waals surface area (Å²) in [5.41, 5.74) is 2.60. The van der Waals surface area contributed by atoms with Crippen molar-refractivity contribution in [3.05, 3.63) is 35.4 Å². The summed E-state index contributed by atoms with van der Waals surface area (Å²) in [4.78, 5) is 0. The quantitative estimate of drug-likeness (QED) is 0.837. The molecule has 1 aliphatic rings. The molecule has 1 fully saturated rings. The van der Waals surface area contributed by atoms with Crippen molar-refractivity contribution in [1.82, 2.24) is 5.32 Å². The van der Waals surface area contributed by atoms with Crippen LogP contribution in [0, 0.1) is 12.3 Å². The predicted octanol–water partition coefficient (Wildman–Crippen LogP) is 1.87. The van der Waals surface area contributed by atoms with Gasteiger partial charge in [-0.15, -0.1) is 0 Å². The van der Waals surface area contributed by atoms with Crippen LogP contribution in [-0.2, 0) is 11.3 Å². The van der Waals surface area contributed by atoms with E-state index in [-0.39, 0.29) is 12.0 Å². The van der Waals surface area contributed by atoms with Gasteiger partial charge in [-0.25, -0.2) is 0 Å². The third-order valence-corrected chi connectivity index (χ3v) is 3.84. The monoisotopic (exact) mass is 249 g/mol. The van der Waals surface area contributed by atoms with E-state index in [4.69, 9.17) is 4.74 Å². The van der Waals surface area contributed by atoms with E-state index >= 15 is 0 Å². The Balaban J connectivity index is 1.81. The maximum atomic E-state index is 9.58. The molecule has 0 aliphatic carbocycles. The molecule has 18 heavy (non-hydrogen) atoms. The molecule has 0 amide bonds. The Labute approximate surface area is 109 Å².